The number of thiophene rings is 1. The molecule has 310 valence electrons. The van der Waals surface area contributed by atoms with Crippen LogP contribution in [0, 0.1) is 0 Å². The van der Waals surface area contributed by atoms with E-state index in [-0.39, 0.29) is 36.4 Å². The largest absolute Gasteiger partial charge is 0.445 e. The Morgan fingerprint density at radius 2 is 1.33 bits per heavy atom. The summed E-state index contributed by atoms with van der Waals surface area (Å²) in [5.74, 6) is 1.61. The molecule has 2 aliphatic heterocycles. The van der Waals surface area contributed by atoms with E-state index in [0.717, 1.165) is 95.2 Å². The lowest BCUT2D eigenvalue weighted by Crippen LogP contribution is -2.43. The molecule has 4 N–H and O–H groups in total. The molecule has 3 aromatic heterocycles. The highest BCUT2D eigenvalue weighted by Crippen LogP contribution is 2.37. The van der Waals surface area contributed by atoms with Crippen LogP contribution in [0.5, 0.6) is 0 Å². The lowest BCUT2D eigenvalue weighted by atomic mass is 10.0. The molecule has 3 aromatic carbocycles. The van der Waals surface area contributed by atoms with E-state index in [0.29, 0.717) is 19.5 Å². The standard InChI is InChI=1S/C47H52N8O4S/c1-3-53(4-2)43(36-10-6-5-7-11-36)46(57)55-24-9-13-41(55)45-50-29-39(52-45)35-20-16-33(17-21-35)32-14-18-34(19-15-32)38-28-49-44(51-38)40-12-8-23-54(40)42(56)27-37(59-47(48)58)26-31-22-25-60-30-31/h5-7,10-11,14-22,25,28-30,37,40-41,43H,3-4,8-9,12-13,23-24,26-27H2,1-2H3,(H2,48,58)(H,49,51)(H,50,52)/t37-,40+,41?,43?/m1/s1. The fraction of sp³-hybridized carbons (Fsp3) is 0.340. The van der Waals surface area contributed by atoms with Crippen molar-refractivity contribution in [2.24, 2.45) is 5.73 Å². The van der Waals surface area contributed by atoms with Crippen molar-refractivity contribution in [3.8, 4) is 33.6 Å². The Hall–Kier alpha value is -6.05. The minimum atomic E-state index is -0.881. The quantitative estimate of drug-likeness (QED) is 0.0937. The number of hydrogen-bond acceptors (Lipinski definition) is 8. The number of carbonyl (C=O) groups is 3. The molecule has 2 fully saturated rings. The Morgan fingerprint density at radius 3 is 1.87 bits per heavy atom. The number of hydrogen-bond donors (Lipinski definition) is 3. The fourth-order valence-electron chi connectivity index (χ4n) is 8.85. The highest BCUT2D eigenvalue weighted by molar-refractivity contribution is 7.07. The van der Waals surface area contributed by atoms with E-state index >= 15 is 0 Å². The SMILES string of the molecule is CCN(CC)C(C(=O)N1CCCC1c1ncc(-c2ccc(-c3ccc(-c4cnc([C@@H]5CCCN5C(=O)C[C@@H](Cc5ccsc5)OC(N)=O)[nH]4)cc3)cc2)[nH]1)c1ccccc1. The lowest BCUT2D eigenvalue weighted by Gasteiger charge is -2.34. The second-order valence-electron chi connectivity index (χ2n) is 15.6. The van der Waals surface area contributed by atoms with Crippen LogP contribution in [-0.4, -0.2) is 84.8 Å². The minimum Gasteiger partial charge on any atom is -0.445 e. The van der Waals surface area contributed by atoms with Crippen LogP contribution in [0.25, 0.3) is 33.6 Å². The summed E-state index contributed by atoms with van der Waals surface area (Å²) in [6, 6.07) is 28.2. The molecule has 2 saturated heterocycles. The van der Waals surface area contributed by atoms with Crippen LogP contribution in [-0.2, 0) is 20.7 Å². The Kier molecular flexibility index (Phi) is 12.5. The van der Waals surface area contributed by atoms with E-state index in [1.165, 1.54) is 0 Å². The predicted octanol–water partition coefficient (Wildman–Crippen LogP) is 8.70. The number of aromatic amines is 2. The number of nitrogens with zero attached hydrogens (tertiary/aromatic N) is 5. The lowest BCUT2D eigenvalue weighted by molar-refractivity contribution is -0.138. The molecule has 6 aromatic rings. The van der Waals surface area contributed by atoms with Crippen molar-refractivity contribution >= 4 is 29.2 Å². The molecule has 0 bridgehead atoms. The van der Waals surface area contributed by atoms with Gasteiger partial charge in [0.05, 0.1) is 42.3 Å². The van der Waals surface area contributed by atoms with Gasteiger partial charge in [0.2, 0.25) is 11.8 Å². The van der Waals surface area contributed by atoms with Crippen LogP contribution in [0.2, 0.25) is 0 Å². The molecule has 4 atom stereocenters. The maximum Gasteiger partial charge on any atom is 0.404 e. The smallest absolute Gasteiger partial charge is 0.404 e. The predicted molar refractivity (Wildman–Crippen MR) is 234 cm³/mol. The molecular weight excluding hydrogens is 773 g/mol. The summed E-state index contributed by atoms with van der Waals surface area (Å²) in [4.78, 5) is 62.0. The molecule has 0 aliphatic carbocycles. The molecule has 13 heteroatoms. The van der Waals surface area contributed by atoms with Gasteiger partial charge < -0.3 is 30.2 Å². The van der Waals surface area contributed by atoms with Crippen LogP contribution in [0.4, 0.5) is 4.79 Å². The number of rotatable bonds is 15. The molecule has 8 rings (SSSR count). The number of nitrogens with one attached hydrogen (secondary N) is 2. The molecule has 3 amide bonds. The normalized spacial score (nSPS) is 17.6. The highest BCUT2D eigenvalue weighted by Gasteiger charge is 2.38. The van der Waals surface area contributed by atoms with Gasteiger partial charge in [-0.3, -0.25) is 14.5 Å². The number of imidazole rings is 2. The summed E-state index contributed by atoms with van der Waals surface area (Å²) < 4.78 is 5.34. The van der Waals surface area contributed by atoms with Gasteiger partial charge >= 0.3 is 6.09 Å². The molecule has 0 spiro atoms. The molecular formula is C47H52N8O4S. The van der Waals surface area contributed by atoms with Gasteiger partial charge in [0.1, 0.15) is 23.8 Å². The summed E-state index contributed by atoms with van der Waals surface area (Å²) in [6.07, 6.45) is 6.15. The van der Waals surface area contributed by atoms with E-state index in [1.54, 1.807) is 11.3 Å². The number of likely N-dealkylation sites (tertiary alicyclic amines) is 2. The zero-order valence-corrected chi connectivity index (χ0v) is 34.9. The van der Waals surface area contributed by atoms with Gasteiger partial charge in [0.25, 0.3) is 0 Å². The fourth-order valence-corrected chi connectivity index (χ4v) is 9.53. The number of H-pyrrole nitrogens is 2. The van der Waals surface area contributed by atoms with Gasteiger partial charge in [0.15, 0.2) is 0 Å². The maximum absolute atomic E-state index is 14.2. The number of amides is 3. The van der Waals surface area contributed by atoms with Crippen molar-refractivity contribution in [1.82, 2.24) is 34.6 Å². The highest BCUT2D eigenvalue weighted by atomic mass is 32.1. The van der Waals surface area contributed by atoms with E-state index < -0.39 is 12.2 Å². The Labute approximate surface area is 354 Å². The second-order valence-corrected chi connectivity index (χ2v) is 16.4. The van der Waals surface area contributed by atoms with Gasteiger partial charge in [0, 0.05) is 19.5 Å². The second kappa shape index (κ2) is 18.5. The van der Waals surface area contributed by atoms with Gasteiger partial charge in [-0.2, -0.15) is 11.3 Å². The van der Waals surface area contributed by atoms with Crippen LogP contribution in [0.1, 0.15) is 86.9 Å². The monoisotopic (exact) mass is 824 g/mol. The Balaban J connectivity index is 0.908. The number of nitrogens with two attached hydrogens (primary N) is 1. The van der Waals surface area contributed by atoms with Crippen molar-refractivity contribution in [3.05, 3.63) is 131 Å². The Morgan fingerprint density at radius 1 is 0.783 bits per heavy atom. The van der Waals surface area contributed by atoms with Crippen LogP contribution < -0.4 is 5.73 Å². The third-order valence-corrected chi connectivity index (χ3v) is 12.6. The number of likely N-dealkylation sites (N-methyl/N-ethyl adjacent to an activating group) is 1. The number of benzene rings is 3. The molecule has 60 heavy (non-hydrogen) atoms. The third-order valence-electron chi connectivity index (χ3n) is 11.9. The van der Waals surface area contributed by atoms with Crippen LogP contribution in [0.15, 0.2) is 108 Å². The van der Waals surface area contributed by atoms with Gasteiger partial charge in [-0.05, 0) is 89.0 Å². The zero-order chi connectivity index (χ0) is 41.6. The first-order chi connectivity index (χ1) is 29.3. The summed E-state index contributed by atoms with van der Waals surface area (Å²) >= 11 is 1.56. The average molecular weight is 825 g/mol. The molecule has 12 nitrogen and oxygen atoms in total. The first kappa shape index (κ1) is 40.7. The number of primary amides is 1. The summed E-state index contributed by atoms with van der Waals surface area (Å²) in [5.41, 5.74) is 13.4. The number of ether oxygens (including phenoxy) is 1. The van der Waals surface area contributed by atoms with Crippen molar-refractivity contribution < 1.29 is 19.1 Å². The molecule has 0 saturated carbocycles. The summed E-state index contributed by atoms with van der Waals surface area (Å²) in [5, 5.41) is 3.94. The van der Waals surface area contributed by atoms with Crippen molar-refractivity contribution in [3.63, 3.8) is 0 Å². The molecule has 2 unspecified atom stereocenters. The first-order valence-corrected chi connectivity index (χ1v) is 21.9. The van der Waals surface area contributed by atoms with Crippen LogP contribution in [0.3, 0.4) is 0 Å². The van der Waals surface area contributed by atoms with E-state index in [2.05, 4.69) is 89.4 Å². The van der Waals surface area contributed by atoms with Crippen molar-refractivity contribution in [1.29, 1.82) is 0 Å². The van der Waals surface area contributed by atoms with E-state index in [9.17, 15) is 14.4 Å². The van der Waals surface area contributed by atoms with Crippen LogP contribution >= 0.6 is 11.3 Å². The maximum atomic E-state index is 14.2. The molecule has 0 radical (unpaired) electrons. The van der Waals surface area contributed by atoms with E-state index in [4.69, 9.17) is 20.4 Å². The average Bonchev–Trinajstić information content (AvgIpc) is 4.12. The van der Waals surface area contributed by atoms with E-state index in [1.807, 2.05) is 57.2 Å². The van der Waals surface area contributed by atoms with Crippen molar-refractivity contribution in [2.75, 3.05) is 26.2 Å². The summed E-state index contributed by atoms with van der Waals surface area (Å²) in [7, 11) is 0. The van der Waals surface area contributed by atoms with Gasteiger partial charge in [-0.1, -0.05) is 92.7 Å². The van der Waals surface area contributed by atoms with Gasteiger partial charge in [-0.15, -0.1) is 0 Å². The zero-order valence-electron chi connectivity index (χ0n) is 34.1. The first-order valence-electron chi connectivity index (χ1n) is 21.0. The van der Waals surface area contributed by atoms with Gasteiger partial charge in [-0.25, -0.2) is 14.8 Å². The Bertz CT molecular complexity index is 2360. The molecule has 5 heterocycles. The summed E-state index contributed by atoms with van der Waals surface area (Å²) in [6.45, 7) is 7.13. The third kappa shape index (κ3) is 8.92. The molecule has 2 aliphatic rings. The topological polar surface area (TPSA) is 154 Å². The number of carbonyl (C=O) groups excluding carboxylic acids is 3. The van der Waals surface area contributed by atoms with Crippen molar-refractivity contribution in [2.45, 2.75) is 76.6 Å². The minimum absolute atomic E-state index is 0.0585. The number of aromatic nitrogens is 4.